The molecule has 0 aromatic heterocycles. The Labute approximate surface area is 330 Å². The molecule has 6 nitrogen and oxygen atoms in total. The highest BCUT2D eigenvalue weighted by Gasteiger charge is 2.19. The SMILES string of the molecule is CC/C=C\C/C=C\C/C=C\CC(=O)OCC(COC(=O)CCCCCCC/C=C\C=C/CCCCCCCCC)OC(=O)C/C=C\C/C=C\C/C=C\CC. The molecule has 0 spiro atoms. The van der Waals surface area contributed by atoms with Gasteiger partial charge in [0.2, 0.25) is 0 Å². The number of carbonyl (C=O) groups is 3. The van der Waals surface area contributed by atoms with Gasteiger partial charge in [0.1, 0.15) is 13.2 Å². The molecule has 0 rings (SSSR count). The molecule has 0 aliphatic carbocycles. The minimum absolute atomic E-state index is 0.0816. The zero-order valence-corrected chi connectivity index (χ0v) is 34.4. The first kappa shape index (κ1) is 50.3. The van der Waals surface area contributed by atoms with Crippen molar-refractivity contribution >= 4 is 17.9 Å². The summed E-state index contributed by atoms with van der Waals surface area (Å²) in [7, 11) is 0. The quantitative estimate of drug-likeness (QED) is 0.0209. The van der Waals surface area contributed by atoms with E-state index in [1.807, 2.05) is 12.2 Å². The topological polar surface area (TPSA) is 78.9 Å². The number of esters is 3. The molecule has 0 N–H and O–H groups in total. The van der Waals surface area contributed by atoms with Crippen molar-refractivity contribution in [2.45, 2.75) is 175 Å². The Morgan fingerprint density at radius 2 is 0.833 bits per heavy atom. The fourth-order valence-electron chi connectivity index (χ4n) is 5.26. The van der Waals surface area contributed by atoms with Gasteiger partial charge in [-0.15, -0.1) is 0 Å². The number of unbranched alkanes of at least 4 members (excludes halogenated alkanes) is 12. The van der Waals surface area contributed by atoms with E-state index in [0.717, 1.165) is 77.0 Å². The average Bonchev–Trinajstić information content (AvgIpc) is 3.17. The van der Waals surface area contributed by atoms with Crippen molar-refractivity contribution in [2.75, 3.05) is 13.2 Å². The Kier molecular flexibility index (Phi) is 39.2. The summed E-state index contributed by atoms with van der Waals surface area (Å²) in [5.74, 6) is -1.23. The van der Waals surface area contributed by atoms with E-state index in [1.165, 1.54) is 51.4 Å². The first-order chi connectivity index (χ1) is 26.5. The lowest BCUT2D eigenvalue weighted by atomic mass is 10.1. The number of hydrogen-bond donors (Lipinski definition) is 0. The molecule has 0 aliphatic rings. The molecule has 0 aliphatic heterocycles. The van der Waals surface area contributed by atoms with Crippen LogP contribution >= 0.6 is 0 Å². The first-order valence-electron chi connectivity index (χ1n) is 21.3. The van der Waals surface area contributed by atoms with Gasteiger partial charge in [0, 0.05) is 6.42 Å². The van der Waals surface area contributed by atoms with Gasteiger partial charge in [0.15, 0.2) is 6.10 Å². The number of carbonyl (C=O) groups excluding carboxylic acids is 3. The van der Waals surface area contributed by atoms with E-state index >= 15 is 0 Å². The van der Waals surface area contributed by atoms with Crippen LogP contribution in [0, 0.1) is 0 Å². The molecule has 0 saturated carbocycles. The zero-order chi connectivity index (χ0) is 39.4. The van der Waals surface area contributed by atoms with Gasteiger partial charge in [-0.1, -0.05) is 176 Å². The summed E-state index contributed by atoms with van der Waals surface area (Å²) in [6.45, 7) is 6.15. The van der Waals surface area contributed by atoms with Crippen LogP contribution < -0.4 is 0 Å². The van der Waals surface area contributed by atoms with Crippen LogP contribution in [-0.4, -0.2) is 37.2 Å². The van der Waals surface area contributed by atoms with Gasteiger partial charge < -0.3 is 14.2 Å². The maximum atomic E-state index is 12.5. The second-order valence-electron chi connectivity index (χ2n) is 13.5. The third-order valence-corrected chi connectivity index (χ3v) is 8.40. The van der Waals surface area contributed by atoms with E-state index in [4.69, 9.17) is 14.2 Å². The number of allylic oxidation sites excluding steroid dienone is 14. The largest absolute Gasteiger partial charge is 0.462 e. The van der Waals surface area contributed by atoms with Gasteiger partial charge in [-0.25, -0.2) is 0 Å². The predicted molar refractivity (Wildman–Crippen MR) is 228 cm³/mol. The molecule has 0 radical (unpaired) electrons. The predicted octanol–water partition coefficient (Wildman–Crippen LogP) is 13.5. The number of rotatable bonds is 36. The van der Waals surface area contributed by atoms with Crippen LogP contribution in [0.5, 0.6) is 0 Å². The van der Waals surface area contributed by atoms with Crippen LogP contribution in [0.2, 0.25) is 0 Å². The standard InChI is InChI=1S/C48H76O6/c1-4-7-10-13-16-19-20-21-22-23-24-25-26-27-30-32-35-38-41-47(50)53-44-45(54-48(51)42-39-36-33-29-18-15-12-9-6-3)43-52-46(49)40-37-34-31-28-17-14-11-8-5-2/h8-9,11-12,17-18,22-25,28-29,34,36-37,39,45H,4-7,10,13-16,19-21,26-27,30-33,35,38,40-44H2,1-3H3/b11-8-,12-9-,23-22-,25-24-,28-17-,29-18-,37-34-,39-36-. The van der Waals surface area contributed by atoms with Crippen LogP contribution in [-0.2, 0) is 28.6 Å². The lowest BCUT2D eigenvalue weighted by molar-refractivity contribution is -0.166. The summed E-state index contributed by atoms with van der Waals surface area (Å²) >= 11 is 0. The summed E-state index contributed by atoms with van der Waals surface area (Å²) in [4.78, 5) is 37.4. The highest BCUT2D eigenvalue weighted by Crippen LogP contribution is 2.11. The molecule has 0 bridgehead atoms. The summed E-state index contributed by atoms with van der Waals surface area (Å²) in [5.41, 5.74) is 0. The van der Waals surface area contributed by atoms with E-state index in [0.29, 0.717) is 6.42 Å². The molecule has 0 saturated heterocycles. The molecular formula is C48H76O6. The van der Waals surface area contributed by atoms with Crippen molar-refractivity contribution in [1.29, 1.82) is 0 Å². The van der Waals surface area contributed by atoms with Crippen LogP contribution in [0.1, 0.15) is 168 Å². The summed E-state index contributed by atoms with van der Waals surface area (Å²) in [6, 6.07) is 0. The van der Waals surface area contributed by atoms with Gasteiger partial charge >= 0.3 is 17.9 Å². The third-order valence-electron chi connectivity index (χ3n) is 8.40. The zero-order valence-electron chi connectivity index (χ0n) is 34.4. The molecule has 0 aromatic carbocycles. The van der Waals surface area contributed by atoms with E-state index < -0.39 is 18.0 Å². The molecule has 1 atom stereocenters. The van der Waals surface area contributed by atoms with Crippen molar-refractivity contribution in [1.82, 2.24) is 0 Å². The van der Waals surface area contributed by atoms with Crippen LogP contribution in [0.15, 0.2) is 97.2 Å². The molecule has 0 aromatic rings. The van der Waals surface area contributed by atoms with Gasteiger partial charge in [-0.3, -0.25) is 14.4 Å². The second kappa shape index (κ2) is 42.1. The van der Waals surface area contributed by atoms with E-state index in [-0.39, 0.29) is 32.0 Å². The van der Waals surface area contributed by atoms with Crippen molar-refractivity contribution in [3.05, 3.63) is 97.2 Å². The smallest absolute Gasteiger partial charge is 0.310 e. The molecule has 54 heavy (non-hydrogen) atoms. The Balaban J connectivity index is 4.46. The second-order valence-corrected chi connectivity index (χ2v) is 13.5. The average molecular weight is 749 g/mol. The number of ether oxygens (including phenoxy) is 3. The molecule has 0 heterocycles. The van der Waals surface area contributed by atoms with Crippen molar-refractivity contribution in [3.8, 4) is 0 Å². The lowest BCUT2D eigenvalue weighted by Crippen LogP contribution is -2.30. The van der Waals surface area contributed by atoms with Crippen LogP contribution in [0.4, 0.5) is 0 Å². The Morgan fingerprint density at radius 1 is 0.426 bits per heavy atom. The Morgan fingerprint density at radius 3 is 1.33 bits per heavy atom. The molecule has 0 fully saturated rings. The fraction of sp³-hybridized carbons (Fsp3) is 0.604. The molecule has 6 heteroatoms. The molecule has 1 unspecified atom stereocenters. The summed E-state index contributed by atoms with van der Waals surface area (Å²) < 4.78 is 16.4. The first-order valence-corrected chi connectivity index (χ1v) is 21.3. The fourth-order valence-corrected chi connectivity index (χ4v) is 5.26. The number of hydrogen-bond acceptors (Lipinski definition) is 6. The van der Waals surface area contributed by atoms with Crippen molar-refractivity contribution < 1.29 is 28.6 Å². The Bertz CT molecular complexity index is 1140. The van der Waals surface area contributed by atoms with E-state index in [1.54, 1.807) is 12.2 Å². The van der Waals surface area contributed by atoms with E-state index in [2.05, 4.69) is 93.7 Å². The Hall–Kier alpha value is -3.67. The summed E-state index contributed by atoms with van der Waals surface area (Å²) in [5, 5.41) is 0. The van der Waals surface area contributed by atoms with E-state index in [9.17, 15) is 14.4 Å². The van der Waals surface area contributed by atoms with Crippen molar-refractivity contribution in [2.24, 2.45) is 0 Å². The minimum atomic E-state index is -0.865. The normalized spacial score (nSPS) is 13.0. The maximum absolute atomic E-state index is 12.5. The molecular weight excluding hydrogens is 673 g/mol. The summed E-state index contributed by atoms with van der Waals surface area (Å²) in [6.07, 6.45) is 54.7. The van der Waals surface area contributed by atoms with Crippen LogP contribution in [0.25, 0.3) is 0 Å². The van der Waals surface area contributed by atoms with Gasteiger partial charge in [0.05, 0.1) is 12.8 Å². The molecule has 304 valence electrons. The van der Waals surface area contributed by atoms with Gasteiger partial charge in [0.25, 0.3) is 0 Å². The minimum Gasteiger partial charge on any atom is -0.462 e. The lowest BCUT2D eigenvalue weighted by Gasteiger charge is -2.17. The monoisotopic (exact) mass is 749 g/mol. The highest BCUT2D eigenvalue weighted by molar-refractivity contribution is 5.72. The van der Waals surface area contributed by atoms with Gasteiger partial charge in [-0.05, 0) is 70.6 Å². The van der Waals surface area contributed by atoms with Crippen molar-refractivity contribution in [3.63, 3.8) is 0 Å². The maximum Gasteiger partial charge on any atom is 0.310 e. The van der Waals surface area contributed by atoms with Gasteiger partial charge in [-0.2, -0.15) is 0 Å². The molecule has 0 amide bonds. The third kappa shape index (κ3) is 39.5. The van der Waals surface area contributed by atoms with Crippen LogP contribution in [0.3, 0.4) is 0 Å². The highest BCUT2D eigenvalue weighted by atomic mass is 16.6.